The van der Waals surface area contributed by atoms with Gasteiger partial charge in [-0.1, -0.05) is 0 Å². The first-order valence-corrected chi connectivity index (χ1v) is 6.67. The number of anilines is 1. The minimum Gasteiger partial charge on any atom is -0.315 e. The number of urea groups is 1. The van der Waals surface area contributed by atoms with Gasteiger partial charge in [0.1, 0.15) is 6.33 Å². The first kappa shape index (κ1) is 13.3. The summed E-state index contributed by atoms with van der Waals surface area (Å²) in [4.78, 5) is 25.1. The van der Waals surface area contributed by atoms with Gasteiger partial charge in [-0.2, -0.15) is 0 Å². The average molecular weight is 285 g/mol. The molecule has 3 rings (SSSR count). The molecule has 2 amide bonds. The van der Waals surface area contributed by atoms with E-state index in [4.69, 9.17) is 0 Å². The van der Waals surface area contributed by atoms with Crippen LogP contribution in [0.3, 0.4) is 0 Å². The highest BCUT2D eigenvalue weighted by Gasteiger charge is 2.21. The normalized spacial score (nSPS) is 13.7. The summed E-state index contributed by atoms with van der Waals surface area (Å²) < 4.78 is 1.94. The highest BCUT2D eigenvalue weighted by atomic mass is 16.2. The Bertz CT molecular complexity index is 677. The Labute approximate surface area is 121 Å². The van der Waals surface area contributed by atoms with E-state index in [1.165, 1.54) is 6.92 Å². The average Bonchev–Trinajstić information content (AvgIpc) is 2.95. The van der Waals surface area contributed by atoms with E-state index < -0.39 is 0 Å². The predicted molar refractivity (Wildman–Crippen MR) is 75.9 cm³/mol. The number of carbonyl (C=O) groups excluding carboxylic acids is 2. The molecule has 0 fully saturated rings. The molecule has 21 heavy (non-hydrogen) atoms. The smallest absolute Gasteiger partial charge is 0.315 e. The molecule has 1 aliphatic heterocycles. The Morgan fingerprint density at radius 1 is 1.19 bits per heavy atom. The van der Waals surface area contributed by atoms with Gasteiger partial charge in [-0.15, -0.1) is 10.2 Å². The van der Waals surface area contributed by atoms with Crippen molar-refractivity contribution in [3.8, 4) is 0 Å². The molecule has 7 nitrogen and oxygen atoms in total. The van der Waals surface area contributed by atoms with E-state index in [2.05, 4.69) is 15.5 Å². The monoisotopic (exact) mass is 285 g/mol. The molecule has 1 N–H and O–H groups in total. The maximum Gasteiger partial charge on any atom is 0.322 e. The van der Waals surface area contributed by atoms with Crippen molar-refractivity contribution < 1.29 is 9.59 Å². The Morgan fingerprint density at radius 3 is 2.67 bits per heavy atom. The summed E-state index contributed by atoms with van der Waals surface area (Å²) in [6.45, 7) is 3.26. The van der Waals surface area contributed by atoms with Crippen molar-refractivity contribution in [3.63, 3.8) is 0 Å². The summed E-state index contributed by atoms with van der Waals surface area (Å²) >= 11 is 0. The number of hydrogen-bond donors (Lipinski definition) is 1. The van der Waals surface area contributed by atoms with Gasteiger partial charge in [0.25, 0.3) is 0 Å². The van der Waals surface area contributed by atoms with Crippen molar-refractivity contribution in [3.05, 3.63) is 42.0 Å². The number of fused-ring (bicyclic) bond motifs is 1. The van der Waals surface area contributed by atoms with E-state index in [-0.39, 0.29) is 11.8 Å². The third-order valence-corrected chi connectivity index (χ3v) is 3.47. The highest BCUT2D eigenvalue weighted by Crippen LogP contribution is 2.14. The van der Waals surface area contributed by atoms with Crippen LogP contribution >= 0.6 is 0 Å². The van der Waals surface area contributed by atoms with Gasteiger partial charge in [0.15, 0.2) is 11.6 Å². The third kappa shape index (κ3) is 2.76. The lowest BCUT2D eigenvalue weighted by Crippen LogP contribution is -2.40. The minimum absolute atomic E-state index is 0.00300. The number of rotatable bonds is 2. The second kappa shape index (κ2) is 5.35. The van der Waals surface area contributed by atoms with Crippen LogP contribution in [-0.2, 0) is 13.1 Å². The van der Waals surface area contributed by atoms with E-state index in [1.54, 1.807) is 35.5 Å². The van der Waals surface area contributed by atoms with Crippen molar-refractivity contribution in [2.45, 2.75) is 20.0 Å². The predicted octanol–water partition coefficient (Wildman–Crippen LogP) is 1.53. The van der Waals surface area contributed by atoms with E-state index in [9.17, 15) is 9.59 Å². The zero-order chi connectivity index (χ0) is 14.8. The van der Waals surface area contributed by atoms with Crippen LogP contribution in [0.2, 0.25) is 0 Å². The molecule has 0 saturated heterocycles. The molecule has 0 spiro atoms. The van der Waals surface area contributed by atoms with Gasteiger partial charge in [-0.25, -0.2) is 4.79 Å². The summed E-state index contributed by atoms with van der Waals surface area (Å²) in [6.07, 6.45) is 1.67. The highest BCUT2D eigenvalue weighted by molar-refractivity contribution is 5.95. The molecule has 2 aromatic rings. The Kier molecular flexibility index (Phi) is 3.39. The van der Waals surface area contributed by atoms with Crippen LogP contribution in [0.1, 0.15) is 23.1 Å². The van der Waals surface area contributed by atoms with Gasteiger partial charge in [0.2, 0.25) is 0 Å². The van der Waals surface area contributed by atoms with Crippen LogP contribution < -0.4 is 5.32 Å². The number of aromatic nitrogens is 3. The zero-order valence-electron chi connectivity index (χ0n) is 11.6. The number of carbonyl (C=O) groups is 2. The number of amides is 2. The summed E-state index contributed by atoms with van der Waals surface area (Å²) in [5.41, 5.74) is 1.29. The van der Waals surface area contributed by atoms with Gasteiger partial charge < -0.3 is 14.8 Å². The number of ketones is 1. The van der Waals surface area contributed by atoms with Gasteiger partial charge in [0.05, 0.1) is 6.54 Å². The molecular formula is C14H15N5O2. The Hall–Kier alpha value is -2.70. The number of benzene rings is 1. The Morgan fingerprint density at radius 2 is 1.95 bits per heavy atom. The molecule has 0 aliphatic carbocycles. The number of hydrogen-bond acceptors (Lipinski definition) is 4. The van der Waals surface area contributed by atoms with Gasteiger partial charge >= 0.3 is 6.03 Å². The molecule has 0 unspecified atom stereocenters. The van der Waals surface area contributed by atoms with Crippen molar-refractivity contribution in [1.29, 1.82) is 0 Å². The summed E-state index contributed by atoms with van der Waals surface area (Å²) in [5, 5.41) is 10.6. The third-order valence-electron chi connectivity index (χ3n) is 3.47. The SMILES string of the molecule is CC(=O)c1ccc(NC(=O)N2CCn3cnnc3C2)cc1. The van der Waals surface area contributed by atoms with Crippen LogP contribution in [-0.4, -0.2) is 38.0 Å². The lowest BCUT2D eigenvalue weighted by molar-refractivity contribution is 0.101. The van der Waals surface area contributed by atoms with Crippen LogP contribution in [0.4, 0.5) is 10.5 Å². The molecule has 108 valence electrons. The van der Waals surface area contributed by atoms with Crippen LogP contribution in [0.15, 0.2) is 30.6 Å². The van der Waals surface area contributed by atoms with Gasteiger partial charge in [0, 0.05) is 24.3 Å². The number of nitrogens with one attached hydrogen (secondary N) is 1. The minimum atomic E-state index is -0.181. The lowest BCUT2D eigenvalue weighted by atomic mass is 10.1. The van der Waals surface area contributed by atoms with E-state index in [0.29, 0.717) is 30.9 Å². The molecule has 1 aromatic heterocycles. The lowest BCUT2D eigenvalue weighted by Gasteiger charge is -2.27. The van der Waals surface area contributed by atoms with Crippen LogP contribution in [0, 0.1) is 0 Å². The fraction of sp³-hybridized carbons (Fsp3) is 0.286. The second-order valence-corrected chi connectivity index (χ2v) is 4.93. The van der Waals surface area contributed by atoms with E-state index in [1.807, 2.05) is 4.57 Å². The molecule has 2 heterocycles. The fourth-order valence-corrected chi connectivity index (χ4v) is 2.23. The standard InChI is InChI=1S/C14H15N5O2/c1-10(20)11-2-4-12(5-3-11)16-14(21)18-6-7-19-9-15-17-13(19)8-18/h2-5,9H,6-8H2,1H3,(H,16,21). The summed E-state index contributed by atoms with van der Waals surface area (Å²) in [7, 11) is 0. The van der Waals surface area contributed by atoms with Gasteiger partial charge in [-0.05, 0) is 31.2 Å². The molecule has 0 radical (unpaired) electrons. The molecular weight excluding hydrogens is 270 g/mol. The van der Waals surface area contributed by atoms with Crippen molar-refractivity contribution >= 4 is 17.5 Å². The summed E-state index contributed by atoms with van der Waals surface area (Å²) in [6, 6.07) is 6.66. The first-order valence-electron chi connectivity index (χ1n) is 6.67. The zero-order valence-corrected chi connectivity index (χ0v) is 11.6. The summed E-state index contributed by atoms with van der Waals surface area (Å²) in [5.74, 6) is 0.784. The molecule has 0 bridgehead atoms. The molecule has 7 heteroatoms. The van der Waals surface area contributed by atoms with Crippen molar-refractivity contribution in [2.24, 2.45) is 0 Å². The Balaban J connectivity index is 1.65. The quantitative estimate of drug-likeness (QED) is 0.848. The maximum absolute atomic E-state index is 12.2. The fourth-order valence-electron chi connectivity index (χ4n) is 2.23. The van der Waals surface area contributed by atoms with Gasteiger partial charge in [-0.3, -0.25) is 4.79 Å². The number of nitrogens with zero attached hydrogens (tertiary/aromatic N) is 4. The first-order chi connectivity index (χ1) is 10.1. The molecule has 1 aromatic carbocycles. The molecule has 1 aliphatic rings. The molecule has 0 saturated carbocycles. The number of Topliss-reactive ketones (excluding diaryl/α,β-unsaturated/α-hetero) is 1. The van der Waals surface area contributed by atoms with E-state index >= 15 is 0 Å². The van der Waals surface area contributed by atoms with Crippen LogP contribution in [0.25, 0.3) is 0 Å². The van der Waals surface area contributed by atoms with Crippen molar-refractivity contribution in [2.75, 3.05) is 11.9 Å². The largest absolute Gasteiger partial charge is 0.322 e. The molecule has 0 atom stereocenters. The second-order valence-electron chi connectivity index (χ2n) is 4.93. The van der Waals surface area contributed by atoms with Crippen LogP contribution in [0.5, 0.6) is 0 Å². The maximum atomic E-state index is 12.2. The van der Waals surface area contributed by atoms with E-state index in [0.717, 1.165) is 5.82 Å². The topological polar surface area (TPSA) is 80.1 Å². The van der Waals surface area contributed by atoms with Crippen molar-refractivity contribution in [1.82, 2.24) is 19.7 Å².